The molecule has 2 aromatic rings. The van der Waals surface area contributed by atoms with Gasteiger partial charge in [0.15, 0.2) is 5.96 Å². The number of carbonyl (C=O) groups is 1. The molecule has 1 amide bonds. The molecule has 3 rings (SSSR count). The molecule has 0 saturated carbocycles. The Morgan fingerprint density at radius 1 is 1.13 bits per heavy atom. The molecule has 2 N–H and O–H groups in total. The van der Waals surface area contributed by atoms with Crippen LogP contribution in [0.1, 0.15) is 25.3 Å². The predicted molar refractivity (Wildman–Crippen MR) is 136 cm³/mol. The Bertz CT molecular complexity index is 825. The van der Waals surface area contributed by atoms with Crippen molar-refractivity contribution in [3.8, 4) is 0 Å². The van der Waals surface area contributed by atoms with Crippen molar-refractivity contribution in [1.82, 2.24) is 10.6 Å². The molecule has 6 nitrogen and oxygen atoms in total. The molecule has 0 radical (unpaired) electrons. The van der Waals surface area contributed by atoms with Crippen LogP contribution in [0.2, 0.25) is 0 Å². The smallest absolute Gasteiger partial charge is 0.227 e. The summed E-state index contributed by atoms with van der Waals surface area (Å²) in [5.41, 5.74) is 3.33. The van der Waals surface area contributed by atoms with Crippen LogP contribution in [-0.4, -0.2) is 45.1 Å². The normalized spacial score (nSPS) is 14.8. The minimum absolute atomic E-state index is 0. The molecule has 1 aliphatic rings. The molecule has 1 fully saturated rings. The van der Waals surface area contributed by atoms with Gasteiger partial charge >= 0.3 is 0 Å². The third kappa shape index (κ3) is 6.35. The number of amides is 1. The minimum atomic E-state index is 0. The second-order valence-electron chi connectivity index (χ2n) is 7.42. The summed E-state index contributed by atoms with van der Waals surface area (Å²) >= 11 is 0. The second kappa shape index (κ2) is 11.8. The first-order valence-electron chi connectivity index (χ1n) is 10.2. The molecule has 1 saturated heterocycles. The quantitative estimate of drug-likeness (QED) is 0.332. The number of aliphatic imine (C=N–C) groups is 1. The van der Waals surface area contributed by atoms with Gasteiger partial charge in [-0.05, 0) is 43.2 Å². The molecule has 2 aromatic carbocycles. The Labute approximate surface area is 196 Å². The lowest BCUT2D eigenvalue weighted by Crippen LogP contribution is -2.44. The van der Waals surface area contributed by atoms with Crippen LogP contribution in [0.25, 0.3) is 0 Å². The first-order chi connectivity index (χ1) is 14.1. The van der Waals surface area contributed by atoms with Crippen LogP contribution in [0.5, 0.6) is 0 Å². The van der Waals surface area contributed by atoms with Crippen molar-refractivity contribution in [1.29, 1.82) is 0 Å². The van der Waals surface area contributed by atoms with Crippen LogP contribution in [0.3, 0.4) is 0 Å². The van der Waals surface area contributed by atoms with E-state index in [0.29, 0.717) is 19.0 Å². The van der Waals surface area contributed by atoms with Crippen molar-refractivity contribution >= 4 is 47.2 Å². The largest absolute Gasteiger partial charge is 0.370 e. The number of hydrogen-bond donors (Lipinski definition) is 2. The number of halogens is 1. The van der Waals surface area contributed by atoms with Gasteiger partial charge in [0.25, 0.3) is 0 Å². The van der Waals surface area contributed by atoms with Crippen LogP contribution in [0.4, 0.5) is 11.4 Å². The Morgan fingerprint density at radius 2 is 1.83 bits per heavy atom. The van der Waals surface area contributed by atoms with Gasteiger partial charge in [-0.1, -0.05) is 30.3 Å². The Kier molecular flexibility index (Phi) is 9.42. The maximum absolute atomic E-state index is 11.9. The average Bonchev–Trinajstić information content (AvgIpc) is 3.20. The van der Waals surface area contributed by atoms with Crippen LogP contribution in [0.15, 0.2) is 59.6 Å². The average molecular weight is 521 g/mol. The van der Waals surface area contributed by atoms with Crippen LogP contribution >= 0.6 is 24.0 Å². The molecule has 0 bridgehead atoms. The molecule has 1 unspecified atom stereocenters. The molecule has 0 spiro atoms. The minimum Gasteiger partial charge on any atom is -0.370 e. The first-order valence-corrected chi connectivity index (χ1v) is 10.2. The summed E-state index contributed by atoms with van der Waals surface area (Å²) in [7, 11) is 3.88. The number of likely N-dealkylation sites (N-methyl/N-ethyl adjacent to an activating group) is 1. The van der Waals surface area contributed by atoms with Crippen molar-refractivity contribution in [2.75, 3.05) is 37.0 Å². The fourth-order valence-electron chi connectivity index (χ4n) is 3.42. The van der Waals surface area contributed by atoms with Gasteiger partial charge in [-0.2, -0.15) is 0 Å². The molecule has 7 heteroatoms. The lowest BCUT2D eigenvalue weighted by Gasteiger charge is -2.27. The fourth-order valence-corrected chi connectivity index (χ4v) is 3.42. The van der Waals surface area contributed by atoms with Crippen molar-refractivity contribution in [2.24, 2.45) is 4.99 Å². The van der Waals surface area contributed by atoms with Gasteiger partial charge < -0.3 is 20.4 Å². The molecule has 1 aliphatic heterocycles. The molecule has 1 heterocycles. The zero-order valence-electron chi connectivity index (χ0n) is 18.0. The highest BCUT2D eigenvalue weighted by Crippen LogP contribution is 2.21. The standard InChI is InChI=1S/C23H31N5O.HI/c1-18(27(3)20-8-5-4-6-9-20)16-25-23(24-2)26-17-19-11-13-21(14-12-19)28-15-7-10-22(28)29;/h4-6,8-9,11-14,18H,7,10,15-17H2,1-3H3,(H2,24,25,26);1H. The number of anilines is 2. The Hall–Kier alpha value is -2.29. The van der Waals surface area contributed by atoms with Crippen molar-refractivity contribution < 1.29 is 4.79 Å². The third-order valence-corrected chi connectivity index (χ3v) is 5.39. The summed E-state index contributed by atoms with van der Waals surface area (Å²) in [5, 5.41) is 6.75. The number of hydrogen-bond acceptors (Lipinski definition) is 3. The maximum Gasteiger partial charge on any atom is 0.227 e. The topological polar surface area (TPSA) is 60.0 Å². The van der Waals surface area contributed by atoms with Crippen molar-refractivity contribution in [2.45, 2.75) is 32.4 Å². The van der Waals surface area contributed by atoms with E-state index in [1.807, 2.05) is 23.1 Å². The summed E-state index contributed by atoms with van der Waals surface area (Å²) < 4.78 is 0. The monoisotopic (exact) mass is 521 g/mol. The first kappa shape index (κ1) is 24.0. The van der Waals surface area contributed by atoms with E-state index >= 15 is 0 Å². The summed E-state index contributed by atoms with van der Waals surface area (Å²) in [6.07, 6.45) is 1.60. The van der Waals surface area contributed by atoms with Gasteiger partial charge in [-0.25, -0.2) is 0 Å². The fraction of sp³-hybridized carbons (Fsp3) is 0.391. The van der Waals surface area contributed by atoms with Gasteiger partial charge in [0.05, 0.1) is 0 Å². The number of benzene rings is 2. The summed E-state index contributed by atoms with van der Waals surface area (Å²) in [4.78, 5) is 20.3. The highest BCUT2D eigenvalue weighted by Gasteiger charge is 2.21. The molecule has 30 heavy (non-hydrogen) atoms. The lowest BCUT2D eigenvalue weighted by atomic mass is 10.2. The van der Waals surface area contributed by atoms with Gasteiger partial charge in [0, 0.05) is 57.6 Å². The van der Waals surface area contributed by atoms with Gasteiger partial charge in [0.2, 0.25) is 5.91 Å². The SMILES string of the molecule is CN=C(NCc1ccc(N2CCCC2=O)cc1)NCC(C)N(C)c1ccccc1.I. The Balaban J connectivity index is 0.00000320. The number of guanidine groups is 1. The summed E-state index contributed by atoms with van der Waals surface area (Å²) in [6.45, 7) is 4.46. The highest BCUT2D eigenvalue weighted by molar-refractivity contribution is 14.0. The molecular formula is C23H32IN5O. The van der Waals surface area contributed by atoms with E-state index in [9.17, 15) is 4.79 Å². The molecule has 0 aromatic heterocycles. The predicted octanol–water partition coefficient (Wildman–Crippen LogP) is 3.62. The highest BCUT2D eigenvalue weighted by atomic mass is 127. The van der Waals surface area contributed by atoms with E-state index < -0.39 is 0 Å². The zero-order valence-corrected chi connectivity index (χ0v) is 20.3. The molecule has 162 valence electrons. The van der Waals surface area contributed by atoms with E-state index in [0.717, 1.165) is 36.7 Å². The van der Waals surface area contributed by atoms with Crippen molar-refractivity contribution in [3.63, 3.8) is 0 Å². The summed E-state index contributed by atoms with van der Waals surface area (Å²) in [5.74, 6) is 0.993. The molecule has 1 atom stereocenters. The number of para-hydroxylation sites is 1. The third-order valence-electron chi connectivity index (χ3n) is 5.39. The molecular weight excluding hydrogens is 489 g/mol. The van der Waals surface area contributed by atoms with Crippen LogP contribution in [0, 0.1) is 0 Å². The van der Waals surface area contributed by atoms with E-state index in [2.05, 4.69) is 70.9 Å². The zero-order chi connectivity index (χ0) is 20.6. The van der Waals surface area contributed by atoms with Crippen molar-refractivity contribution in [3.05, 3.63) is 60.2 Å². The number of carbonyl (C=O) groups excluding carboxylic acids is 1. The van der Waals surface area contributed by atoms with Crippen LogP contribution in [-0.2, 0) is 11.3 Å². The van der Waals surface area contributed by atoms with E-state index in [1.165, 1.54) is 5.69 Å². The number of rotatable bonds is 7. The van der Waals surface area contributed by atoms with E-state index in [-0.39, 0.29) is 29.9 Å². The lowest BCUT2D eigenvalue weighted by molar-refractivity contribution is -0.117. The van der Waals surface area contributed by atoms with Gasteiger partial charge in [-0.3, -0.25) is 9.79 Å². The van der Waals surface area contributed by atoms with E-state index in [4.69, 9.17) is 0 Å². The van der Waals surface area contributed by atoms with Gasteiger partial charge in [-0.15, -0.1) is 24.0 Å². The number of nitrogens with zero attached hydrogens (tertiary/aromatic N) is 3. The van der Waals surface area contributed by atoms with E-state index in [1.54, 1.807) is 7.05 Å². The summed E-state index contributed by atoms with van der Waals surface area (Å²) in [6, 6.07) is 18.8. The Morgan fingerprint density at radius 3 is 2.43 bits per heavy atom. The maximum atomic E-state index is 11.9. The van der Waals surface area contributed by atoms with Crippen LogP contribution < -0.4 is 20.4 Å². The molecule has 0 aliphatic carbocycles. The van der Waals surface area contributed by atoms with Gasteiger partial charge in [0.1, 0.15) is 0 Å². The second-order valence-corrected chi connectivity index (χ2v) is 7.42. The number of nitrogens with one attached hydrogen (secondary N) is 2.